The highest BCUT2D eigenvalue weighted by atomic mass is 35.5. The second kappa shape index (κ2) is 11.6. The van der Waals surface area contributed by atoms with E-state index in [1.807, 2.05) is 18.3 Å². The van der Waals surface area contributed by atoms with Crippen LogP contribution in [0.4, 0.5) is 5.69 Å². The largest absolute Gasteiger partial charge is 0.369 e. The van der Waals surface area contributed by atoms with Gasteiger partial charge in [0.05, 0.1) is 5.52 Å². The number of nitrogens with two attached hydrogens (primary N) is 1. The van der Waals surface area contributed by atoms with Gasteiger partial charge in [-0.05, 0) is 80.3 Å². The summed E-state index contributed by atoms with van der Waals surface area (Å²) in [6, 6.07) is 19.0. The molecule has 6 heteroatoms. The molecule has 5 nitrogen and oxygen atoms in total. The van der Waals surface area contributed by atoms with E-state index in [4.69, 9.17) is 17.3 Å². The van der Waals surface area contributed by atoms with Crippen LogP contribution in [0.2, 0.25) is 5.02 Å². The van der Waals surface area contributed by atoms with Crippen molar-refractivity contribution in [2.75, 3.05) is 37.6 Å². The van der Waals surface area contributed by atoms with Gasteiger partial charge in [-0.15, -0.1) is 0 Å². The van der Waals surface area contributed by atoms with E-state index < -0.39 is 0 Å². The molecule has 5 rings (SSSR count). The minimum absolute atomic E-state index is 0.0448. The van der Waals surface area contributed by atoms with Crippen LogP contribution in [0.15, 0.2) is 60.8 Å². The van der Waals surface area contributed by atoms with Crippen molar-refractivity contribution in [3.05, 3.63) is 71.4 Å². The van der Waals surface area contributed by atoms with Crippen molar-refractivity contribution >= 4 is 34.1 Å². The average molecular weight is 505 g/mol. The number of pyridine rings is 1. The van der Waals surface area contributed by atoms with Crippen molar-refractivity contribution in [2.45, 2.75) is 44.4 Å². The van der Waals surface area contributed by atoms with Crippen molar-refractivity contribution in [3.8, 4) is 0 Å². The molecule has 3 aromatic rings. The van der Waals surface area contributed by atoms with E-state index in [-0.39, 0.29) is 11.8 Å². The Bertz CT molecular complexity index is 1160. The molecule has 1 aliphatic heterocycles. The van der Waals surface area contributed by atoms with Crippen LogP contribution in [0.25, 0.3) is 10.9 Å². The fraction of sp³-hybridized carbons (Fsp3) is 0.467. The molecule has 36 heavy (non-hydrogen) atoms. The van der Waals surface area contributed by atoms with Gasteiger partial charge >= 0.3 is 0 Å². The van der Waals surface area contributed by atoms with Crippen molar-refractivity contribution in [3.63, 3.8) is 0 Å². The number of hydrogen-bond acceptors (Lipinski definition) is 4. The van der Waals surface area contributed by atoms with Gasteiger partial charge in [-0.3, -0.25) is 14.7 Å². The minimum atomic E-state index is -0.116. The molecule has 0 spiro atoms. The molecule has 2 fully saturated rings. The van der Waals surface area contributed by atoms with Gasteiger partial charge < -0.3 is 10.6 Å². The first-order chi connectivity index (χ1) is 17.6. The van der Waals surface area contributed by atoms with Crippen LogP contribution in [0.3, 0.4) is 0 Å². The smallest absolute Gasteiger partial charge is 0.220 e. The normalized spacial score (nSPS) is 23.1. The summed E-state index contributed by atoms with van der Waals surface area (Å²) in [5, 5.41) is 1.90. The number of amides is 1. The summed E-state index contributed by atoms with van der Waals surface area (Å²) in [5.74, 6) is 1.03. The van der Waals surface area contributed by atoms with Gasteiger partial charge in [0, 0.05) is 54.4 Å². The number of anilines is 1. The Balaban J connectivity index is 1.11. The van der Waals surface area contributed by atoms with Crippen LogP contribution in [0, 0.1) is 11.8 Å². The Morgan fingerprint density at radius 2 is 1.81 bits per heavy atom. The van der Waals surface area contributed by atoms with Gasteiger partial charge in [-0.2, -0.15) is 0 Å². The lowest BCUT2D eigenvalue weighted by Crippen LogP contribution is -2.46. The summed E-state index contributed by atoms with van der Waals surface area (Å²) in [6.45, 7) is 5.36. The Hall–Kier alpha value is -2.63. The lowest BCUT2D eigenvalue weighted by molar-refractivity contribution is -0.123. The maximum Gasteiger partial charge on any atom is 0.220 e. The molecule has 2 aliphatic rings. The zero-order valence-corrected chi connectivity index (χ0v) is 21.7. The van der Waals surface area contributed by atoms with Gasteiger partial charge in [-0.1, -0.05) is 48.4 Å². The van der Waals surface area contributed by atoms with Gasteiger partial charge in [-0.25, -0.2) is 0 Å². The summed E-state index contributed by atoms with van der Waals surface area (Å²) < 4.78 is 0. The van der Waals surface area contributed by atoms with Crippen molar-refractivity contribution in [1.29, 1.82) is 0 Å². The van der Waals surface area contributed by atoms with Crippen LogP contribution in [0.5, 0.6) is 0 Å². The number of carbonyl (C=O) groups excluding carboxylic acids is 1. The highest BCUT2D eigenvalue weighted by molar-refractivity contribution is 6.31. The number of unbranched alkanes of at least 4 members (excludes halogenated alkanes) is 1. The van der Waals surface area contributed by atoms with Gasteiger partial charge in [0.2, 0.25) is 5.91 Å². The van der Waals surface area contributed by atoms with E-state index in [0.29, 0.717) is 11.8 Å². The number of carbonyl (C=O) groups is 1. The second-order valence-corrected chi connectivity index (χ2v) is 10.9. The third kappa shape index (κ3) is 5.84. The SMILES string of the molecule is NC(=O)C1CCC(c2ccccc2)C(CCCCN2CCN(c3ccnc4cc(Cl)ccc34)CC2)C1. The van der Waals surface area contributed by atoms with Crippen molar-refractivity contribution in [1.82, 2.24) is 9.88 Å². The van der Waals surface area contributed by atoms with E-state index in [9.17, 15) is 4.79 Å². The lowest BCUT2D eigenvalue weighted by atomic mass is 9.69. The predicted octanol–water partition coefficient (Wildman–Crippen LogP) is 5.87. The number of benzene rings is 2. The topological polar surface area (TPSA) is 62.5 Å². The second-order valence-electron chi connectivity index (χ2n) is 10.5. The summed E-state index contributed by atoms with van der Waals surface area (Å²) in [5.41, 5.74) is 9.33. The van der Waals surface area contributed by atoms with E-state index in [1.54, 1.807) is 0 Å². The summed E-state index contributed by atoms with van der Waals surface area (Å²) in [6.07, 6.45) is 8.41. The predicted molar refractivity (Wildman–Crippen MR) is 148 cm³/mol. The quantitative estimate of drug-likeness (QED) is 0.390. The first kappa shape index (κ1) is 25.0. The highest BCUT2D eigenvalue weighted by Gasteiger charge is 2.33. The molecule has 1 saturated heterocycles. The van der Waals surface area contributed by atoms with Crippen LogP contribution < -0.4 is 10.6 Å². The molecule has 0 radical (unpaired) electrons. The Morgan fingerprint density at radius 1 is 1.00 bits per heavy atom. The molecule has 0 bridgehead atoms. The summed E-state index contributed by atoms with van der Waals surface area (Å²) in [7, 11) is 0. The molecule has 2 aromatic carbocycles. The lowest BCUT2D eigenvalue weighted by Gasteiger charge is -2.37. The number of nitrogens with zero attached hydrogens (tertiary/aromatic N) is 3. The highest BCUT2D eigenvalue weighted by Crippen LogP contribution is 2.42. The van der Waals surface area contributed by atoms with Crippen LogP contribution in [0.1, 0.15) is 50.0 Å². The molecule has 3 atom stereocenters. The van der Waals surface area contributed by atoms with Gasteiger partial charge in [0.1, 0.15) is 0 Å². The summed E-state index contributed by atoms with van der Waals surface area (Å²) >= 11 is 6.17. The average Bonchev–Trinajstić information content (AvgIpc) is 2.91. The number of piperazine rings is 1. The first-order valence-corrected chi connectivity index (χ1v) is 13.8. The number of aromatic nitrogens is 1. The van der Waals surface area contributed by atoms with Crippen molar-refractivity contribution < 1.29 is 4.79 Å². The molecule has 1 aliphatic carbocycles. The van der Waals surface area contributed by atoms with Gasteiger partial charge in [0.25, 0.3) is 0 Å². The maximum absolute atomic E-state index is 11.9. The van der Waals surface area contributed by atoms with Gasteiger partial charge in [0.15, 0.2) is 0 Å². The molecule has 1 aromatic heterocycles. The molecule has 2 heterocycles. The van der Waals surface area contributed by atoms with E-state index in [1.165, 1.54) is 35.9 Å². The molecule has 1 saturated carbocycles. The zero-order valence-electron chi connectivity index (χ0n) is 21.0. The standard InChI is InChI=1S/C30H37ClN4O/c31-25-10-12-27-28(21-25)33-14-13-29(27)35-18-16-34(17-19-35)15-5-4-8-23-20-24(30(32)36)9-11-26(23)22-6-2-1-3-7-22/h1-3,6-7,10,12-14,21,23-24,26H,4-5,8-9,11,15-20H2,(H2,32,36). The third-order valence-electron chi connectivity index (χ3n) is 8.31. The van der Waals surface area contributed by atoms with Crippen LogP contribution in [-0.2, 0) is 4.79 Å². The molecule has 1 amide bonds. The number of hydrogen-bond donors (Lipinski definition) is 1. The summed E-state index contributed by atoms with van der Waals surface area (Å²) in [4.78, 5) is 21.5. The molecular weight excluding hydrogens is 468 g/mol. The van der Waals surface area contributed by atoms with E-state index in [0.717, 1.165) is 62.5 Å². The monoisotopic (exact) mass is 504 g/mol. The number of primary amides is 1. The minimum Gasteiger partial charge on any atom is -0.369 e. The molecular formula is C30H37ClN4O. The number of halogens is 1. The van der Waals surface area contributed by atoms with Crippen LogP contribution in [-0.4, -0.2) is 48.5 Å². The van der Waals surface area contributed by atoms with Crippen molar-refractivity contribution in [2.24, 2.45) is 17.6 Å². The van der Waals surface area contributed by atoms with Crippen LogP contribution >= 0.6 is 11.6 Å². The maximum atomic E-state index is 11.9. The molecule has 190 valence electrons. The van der Waals surface area contributed by atoms with E-state index >= 15 is 0 Å². The fourth-order valence-corrected chi connectivity index (χ4v) is 6.48. The zero-order chi connectivity index (χ0) is 24.9. The number of fused-ring (bicyclic) bond motifs is 1. The van der Waals surface area contributed by atoms with E-state index in [2.05, 4.69) is 57.2 Å². The molecule has 2 N–H and O–H groups in total. The third-order valence-corrected chi connectivity index (χ3v) is 8.54. The first-order valence-electron chi connectivity index (χ1n) is 13.4. The number of rotatable bonds is 8. The Kier molecular flexibility index (Phi) is 8.08. The Labute approximate surface area is 219 Å². The molecule has 3 unspecified atom stereocenters. The Morgan fingerprint density at radius 3 is 2.58 bits per heavy atom. The fourth-order valence-electron chi connectivity index (χ4n) is 6.32.